The van der Waals surface area contributed by atoms with Crippen LogP contribution in [0.1, 0.15) is 52.0 Å². The van der Waals surface area contributed by atoms with Crippen LogP contribution in [0, 0.1) is 0 Å². The van der Waals surface area contributed by atoms with Crippen LogP contribution in [0.5, 0.6) is 0 Å². The van der Waals surface area contributed by atoms with E-state index in [1.54, 1.807) is 0 Å². The molecular formula is C16H22N6S. The van der Waals surface area contributed by atoms with Gasteiger partial charge in [-0.15, -0.1) is 5.10 Å². The van der Waals surface area contributed by atoms with Crippen LogP contribution in [-0.2, 0) is 5.54 Å². The molecule has 0 amide bonds. The third-order valence-electron chi connectivity index (χ3n) is 3.94. The molecule has 1 aliphatic heterocycles. The van der Waals surface area contributed by atoms with Crippen molar-refractivity contribution in [3.05, 3.63) is 35.7 Å². The molecule has 0 fully saturated rings. The van der Waals surface area contributed by atoms with E-state index in [1.165, 1.54) is 0 Å². The molecular weight excluding hydrogens is 308 g/mol. The van der Waals surface area contributed by atoms with Gasteiger partial charge < -0.3 is 10.2 Å². The number of benzene rings is 1. The fraction of sp³-hybridized carbons (Fsp3) is 0.500. The van der Waals surface area contributed by atoms with Crippen molar-refractivity contribution < 1.29 is 0 Å². The third kappa shape index (κ3) is 2.69. The number of tetrazole rings is 1. The highest BCUT2D eigenvalue weighted by Crippen LogP contribution is 2.38. The van der Waals surface area contributed by atoms with E-state index in [0.717, 1.165) is 17.1 Å². The lowest BCUT2D eigenvalue weighted by Gasteiger charge is -2.41. The van der Waals surface area contributed by atoms with Crippen LogP contribution in [0.3, 0.4) is 0 Å². The van der Waals surface area contributed by atoms with Crippen molar-refractivity contribution in [1.82, 2.24) is 25.1 Å². The van der Waals surface area contributed by atoms with Gasteiger partial charge in [0.1, 0.15) is 6.04 Å². The zero-order valence-electron chi connectivity index (χ0n) is 14.1. The monoisotopic (exact) mass is 330 g/mol. The largest absolute Gasteiger partial charge is 0.332 e. The number of para-hydroxylation sites is 1. The lowest BCUT2D eigenvalue weighted by atomic mass is 9.98. The SMILES string of the molecule is CC(C)N1C(=S)Nc2ccccc2C1c1nnnn1C(C)(C)C. The molecule has 1 aromatic carbocycles. The Bertz CT molecular complexity index is 730. The third-order valence-corrected chi connectivity index (χ3v) is 4.25. The Kier molecular flexibility index (Phi) is 3.83. The van der Waals surface area contributed by atoms with Gasteiger partial charge in [-0.1, -0.05) is 18.2 Å². The van der Waals surface area contributed by atoms with Gasteiger partial charge in [-0.25, -0.2) is 4.68 Å². The Labute approximate surface area is 141 Å². The number of nitrogens with zero attached hydrogens (tertiary/aromatic N) is 5. The molecule has 0 saturated heterocycles. The molecule has 0 radical (unpaired) electrons. The first-order chi connectivity index (χ1) is 10.8. The van der Waals surface area contributed by atoms with Crippen LogP contribution in [0.2, 0.25) is 0 Å². The molecule has 0 aliphatic carbocycles. The number of fused-ring (bicyclic) bond motifs is 1. The number of nitrogens with one attached hydrogen (secondary N) is 1. The minimum Gasteiger partial charge on any atom is -0.332 e. The van der Waals surface area contributed by atoms with Crippen molar-refractivity contribution in [2.75, 3.05) is 5.32 Å². The molecule has 1 aliphatic rings. The molecule has 6 nitrogen and oxygen atoms in total. The standard InChI is InChI=1S/C16H22N6S/c1-10(2)21-13(14-18-19-20-22(14)16(3,4)5)11-8-6-7-9-12(11)17-15(21)23/h6-10,13H,1-5H3,(H,17,23). The number of hydrogen-bond donors (Lipinski definition) is 1. The van der Waals surface area contributed by atoms with Crippen molar-refractivity contribution in [2.24, 2.45) is 0 Å². The Morgan fingerprint density at radius 2 is 1.91 bits per heavy atom. The molecule has 1 N–H and O–H groups in total. The van der Waals surface area contributed by atoms with Crippen molar-refractivity contribution in [3.63, 3.8) is 0 Å². The van der Waals surface area contributed by atoms with E-state index in [2.05, 4.69) is 66.4 Å². The molecule has 0 bridgehead atoms. The number of anilines is 1. The summed E-state index contributed by atoms with van der Waals surface area (Å²) in [6.07, 6.45) is 0. The topological polar surface area (TPSA) is 58.9 Å². The number of thiocarbonyl (C=S) groups is 1. The van der Waals surface area contributed by atoms with E-state index in [-0.39, 0.29) is 17.6 Å². The summed E-state index contributed by atoms with van der Waals surface area (Å²) in [6.45, 7) is 10.5. The van der Waals surface area contributed by atoms with Gasteiger partial charge in [0.2, 0.25) is 0 Å². The molecule has 7 heteroatoms. The predicted octanol–water partition coefficient (Wildman–Crippen LogP) is 2.94. The Hall–Kier alpha value is -2.02. The van der Waals surface area contributed by atoms with Crippen molar-refractivity contribution in [1.29, 1.82) is 0 Å². The van der Waals surface area contributed by atoms with E-state index in [9.17, 15) is 0 Å². The van der Waals surface area contributed by atoms with Gasteiger partial charge in [0, 0.05) is 17.3 Å². The predicted molar refractivity (Wildman–Crippen MR) is 94.3 cm³/mol. The molecule has 2 heterocycles. The lowest BCUT2D eigenvalue weighted by molar-refractivity contribution is 0.255. The van der Waals surface area contributed by atoms with Crippen molar-refractivity contribution >= 4 is 23.0 Å². The smallest absolute Gasteiger partial charge is 0.179 e. The van der Waals surface area contributed by atoms with Crippen molar-refractivity contribution in [3.8, 4) is 0 Å². The number of rotatable bonds is 2. The second kappa shape index (κ2) is 5.56. The maximum absolute atomic E-state index is 5.60. The molecule has 3 rings (SSSR count). The number of hydrogen-bond acceptors (Lipinski definition) is 4. The molecule has 0 saturated carbocycles. The van der Waals surface area contributed by atoms with Crippen LogP contribution < -0.4 is 5.32 Å². The van der Waals surface area contributed by atoms with Crippen LogP contribution in [0.15, 0.2) is 24.3 Å². The summed E-state index contributed by atoms with van der Waals surface area (Å²) in [6, 6.07) is 8.30. The average Bonchev–Trinajstić information content (AvgIpc) is 2.94. The number of aromatic nitrogens is 4. The quantitative estimate of drug-likeness (QED) is 0.855. The summed E-state index contributed by atoms with van der Waals surface area (Å²) < 4.78 is 1.89. The van der Waals surface area contributed by atoms with Gasteiger partial charge in [-0.3, -0.25) is 0 Å². The van der Waals surface area contributed by atoms with Crippen LogP contribution in [0.25, 0.3) is 0 Å². The van der Waals surface area contributed by atoms with E-state index < -0.39 is 0 Å². The second-order valence-electron chi connectivity index (χ2n) is 7.04. The van der Waals surface area contributed by atoms with Gasteiger partial charge in [0.25, 0.3) is 0 Å². The van der Waals surface area contributed by atoms with Gasteiger partial charge >= 0.3 is 0 Å². The highest BCUT2D eigenvalue weighted by atomic mass is 32.1. The molecule has 2 aromatic rings. The van der Waals surface area contributed by atoms with Gasteiger partial charge in [0.05, 0.1) is 5.54 Å². The van der Waals surface area contributed by atoms with Crippen molar-refractivity contribution in [2.45, 2.75) is 52.2 Å². The maximum atomic E-state index is 5.60. The fourth-order valence-corrected chi connectivity index (χ4v) is 3.36. The molecule has 1 atom stereocenters. The zero-order valence-corrected chi connectivity index (χ0v) is 14.9. The minimum atomic E-state index is -0.205. The van der Waals surface area contributed by atoms with E-state index in [4.69, 9.17) is 12.2 Å². The summed E-state index contributed by atoms with van der Waals surface area (Å²) in [7, 11) is 0. The summed E-state index contributed by atoms with van der Waals surface area (Å²) in [4.78, 5) is 2.16. The van der Waals surface area contributed by atoms with E-state index in [0.29, 0.717) is 5.11 Å². The average molecular weight is 330 g/mol. The molecule has 0 spiro atoms. The Morgan fingerprint density at radius 3 is 2.57 bits per heavy atom. The summed E-state index contributed by atoms with van der Waals surface area (Å²) in [5, 5.41) is 16.5. The van der Waals surface area contributed by atoms with Gasteiger partial charge in [0.15, 0.2) is 10.9 Å². The Balaban J connectivity index is 2.22. The lowest BCUT2D eigenvalue weighted by Crippen LogP contribution is -2.47. The van der Waals surface area contributed by atoms with Gasteiger partial charge in [-0.2, -0.15) is 0 Å². The first kappa shape index (κ1) is 15.9. The first-order valence-corrected chi connectivity index (χ1v) is 8.18. The Morgan fingerprint density at radius 1 is 1.22 bits per heavy atom. The highest BCUT2D eigenvalue weighted by molar-refractivity contribution is 7.80. The molecule has 1 unspecified atom stereocenters. The van der Waals surface area contributed by atoms with Gasteiger partial charge in [-0.05, 0) is 63.3 Å². The van der Waals surface area contributed by atoms with E-state index in [1.807, 2.05) is 22.9 Å². The van der Waals surface area contributed by atoms with Crippen LogP contribution >= 0.6 is 12.2 Å². The first-order valence-electron chi connectivity index (χ1n) is 7.77. The highest BCUT2D eigenvalue weighted by Gasteiger charge is 2.38. The summed E-state index contributed by atoms with van der Waals surface area (Å²) in [5.74, 6) is 0.808. The van der Waals surface area contributed by atoms with Crippen LogP contribution in [0.4, 0.5) is 5.69 Å². The summed E-state index contributed by atoms with van der Waals surface area (Å²) >= 11 is 5.60. The fourth-order valence-electron chi connectivity index (χ4n) is 2.93. The summed E-state index contributed by atoms with van der Waals surface area (Å²) in [5.41, 5.74) is 1.95. The minimum absolute atomic E-state index is 0.103. The molecule has 23 heavy (non-hydrogen) atoms. The molecule has 1 aromatic heterocycles. The maximum Gasteiger partial charge on any atom is 0.179 e. The zero-order chi connectivity index (χ0) is 16.8. The van der Waals surface area contributed by atoms with Crippen LogP contribution in [-0.4, -0.2) is 36.3 Å². The van der Waals surface area contributed by atoms with E-state index >= 15 is 0 Å². The second-order valence-corrected chi connectivity index (χ2v) is 7.43. The molecule has 122 valence electrons. The normalized spacial score (nSPS) is 18.1.